The molecule has 0 aliphatic heterocycles. The lowest BCUT2D eigenvalue weighted by Crippen LogP contribution is -2.22. The molecule has 1 atom stereocenters. The highest BCUT2D eigenvalue weighted by atomic mass is 35.5. The number of aryl methyl sites for hydroxylation is 1. The minimum absolute atomic E-state index is 0.100. The van der Waals surface area contributed by atoms with Crippen LogP contribution in [0.4, 0.5) is 0 Å². The summed E-state index contributed by atoms with van der Waals surface area (Å²) in [4.78, 5) is 15.7. The molecule has 0 spiro atoms. The Morgan fingerprint density at radius 2 is 2.12 bits per heavy atom. The molecule has 4 rings (SSSR count). The molecule has 2 aromatic heterocycles. The van der Waals surface area contributed by atoms with Crippen molar-refractivity contribution in [3.05, 3.63) is 77.9 Å². The lowest BCUT2D eigenvalue weighted by atomic mass is 9.86. The maximum atomic E-state index is 11.8. The molecule has 0 fully saturated rings. The Balaban J connectivity index is 2.06. The number of nitrogens with zero attached hydrogens (tertiary/aromatic N) is 2. The van der Waals surface area contributed by atoms with Crippen molar-refractivity contribution in [3.63, 3.8) is 0 Å². The quantitative estimate of drug-likeness (QED) is 0.508. The first kappa shape index (κ1) is 15.5. The van der Waals surface area contributed by atoms with Crippen LogP contribution >= 0.6 is 35.4 Å². The van der Waals surface area contributed by atoms with E-state index < -0.39 is 0 Å². The zero-order chi connectivity index (χ0) is 16.8. The summed E-state index contributed by atoms with van der Waals surface area (Å²) in [6.07, 6.45) is 7.78. The van der Waals surface area contributed by atoms with Crippen molar-refractivity contribution in [1.82, 2.24) is 13.9 Å². The largest absolute Gasteiger partial charge is 0.326 e. The third-order valence-electron chi connectivity index (χ3n) is 4.16. The Hall–Kier alpha value is -2.02. The van der Waals surface area contributed by atoms with E-state index >= 15 is 0 Å². The van der Waals surface area contributed by atoms with E-state index in [0.717, 1.165) is 27.1 Å². The molecular formula is C17H12ClN3OS2. The summed E-state index contributed by atoms with van der Waals surface area (Å²) in [6.45, 7) is 0. The molecule has 3 aromatic rings. The number of rotatable bonds is 1. The molecule has 4 nitrogen and oxygen atoms in total. The van der Waals surface area contributed by atoms with Crippen LogP contribution in [0.5, 0.6) is 0 Å². The van der Waals surface area contributed by atoms with Crippen molar-refractivity contribution < 1.29 is 0 Å². The van der Waals surface area contributed by atoms with Gasteiger partial charge in [0.1, 0.15) is 4.64 Å². The molecule has 7 heteroatoms. The molecule has 0 unspecified atom stereocenters. The number of halogens is 1. The number of fused-ring (bicyclic) bond motifs is 2. The highest BCUT2D eigenvalue weighted by molar-refractivity contribution is 7.71. The average molecular weight is 374 g/mol. The number of benzene rings is 1. The number of hydrogen-bond acceptors (Lipinski definition) is 4. The fourth-order valence-electron chi connectivity index (χ4n) is 3.01. The van der Waals surface area contributed by atoms with Gasteiger partial charge in [-0.05, 0) is 40.9 Å². The molecule has 0 radical (unpaired) electrons. The number of H-pyrrole nitrogens is 1. The summed E-state index contributed by atoms with van der Waals surface area (Å²) in [5.41, 5.74) is 3.86. The predicted octanol–water partition coefficient (Wildman–Crippen LogP) is 4.22. The minimum atomic E-state index is -0.226. The van der Waals surface area contributed by atoms with Gasteiger partial charge in [-0.2, -0.15) is 0 Å². The maximum absolute atomic E-state index is 11.8. The van der Waals surface area contributed by atoms with E-state index in [1.54, 1.807) is 13.2 Å². The van der Waals surface area contributed by atoms with Crippen LogP contribution in [0, 0.1) is 4.64 Å². The minimum Gasteiger partial charge on any atom is -0.304 e. The van der Waals surface area contributed by atoms with Gasteiger partial charge in [0.25, 0.3) is 0 Å². The van der Waals surface area contributed by atoms with Crippen LogP contribution in [-0.2, 0) is 7.05 Å². The van der Waals surface area contributed by atoms with Crippen molar-refractivity contribution in [3.8, 4) is 0 Å². The SMILES string of the molecule is Cn1cc([C@H]2c3ccc(Cl)cc3C=Cc3sncc32)c(=S)[nH]c1=O. The van der Waals surface area contributed by atoms with Crippen molar-refractivity contribution in [1.29, 1.82) is 0 Å². The molecule has 0 saturated heterocycles. The van der Waals surface area contributed by atoms with E-state index in [2.05, 4.69) is 15.4 Å². The number of nitrogens with one attached hydrogen (secondary N) is 1. The fourth-order valence-corrected chi connectivity index (χ4v) is 4.13. The van der Waals surface area contributed by atoms with E-state index in [1.165, 1.54) is 16.1 Å². The van der Waals surface area contributed by atoms with Crippen molar-refractivity contribution >= 4 is 47.5 Å². The summed E-state index contributed by atoms with van der Waals surface area (Å²) in [7, 11) is 1.71. The Kier molecular flexibility index (Phi) is 3.75. The highest BCUT2D eigenvalue weighted by Gasteiger charge is 2.26. The van der Waals surface area contributed by atoms with Gasteiger partial charge in [-0.25, -0.2) is 9.17 Å². The third-order valence-corrected chi connectivity index (χ3v) is 5.51. The van der Waals surface area contributed by atoms with Crippen molar-refractivity contribution in [2.75, 3.05) is 0 Å². The van der Waals surface area contributed by atoms with Gasteiger partial charge in [0.2, 0.25) is 0 Å². The summed E-state index contributed by atoms with van der Waals surface area (Å²) < 4.78 is 6.29. The lowest BCUT2D eigenvalue weighted by molar-refractivity contribution is 0.774. The van der Waals surface area contributed by atoms with E-state index in [9.17, 15) is 4.79 Å². The molecule has 0 saturated carbocycles. The Bertz CT molecular complexity index is 1090. The summed E-state index contributed by atoms with van der Waals surface area (Å²) in [5.74, 6) is -0.100. The topological polar surface area (TPSA) is 50.7 Å². The van der Waals surface area contributed by atoms with Gasteiger partial charge >= 0.3 is 5.69 Å². The number of hydrogen-bond donors (Lipinski definition) is 1. The molecule has 2 heterocycles. The smallest absolute Gasteiger partial charge is 0.304 e. The van der Waals surface area contributed by atoms with Crippen LogP contribution in [0.2, 0.25) is 5.02 Å². The standard InChI is InChI=1S/C17H12ClN3OS2/c1-21-8-13(16(23)20-17(21)22)15-11-4-3-10(18)6-9(11)2-5-14-12(15)7-19-24-14/h2-8,15H,1H3,(H,20,22,23)/t15-/m0/s1. The maximum Gasteiger partial charge on any atom is 0.326 e. The monoisotopic (exact) mass is 373 g/mol. The van der Waals surface area contributed by atoms with Crippen LogP contribution in [-0.4, -0.2) is 13.9 Å². The van der Waals surface area contributed by atoms with Crippen LogP contribution in [0.25, 0.3) is 12.2 Å². The van der Waals surface area contributed by atoms with E-state index in [0.29, 0.717) is 9.66 Å². The third kappa shape index (κ3) is 2.47. The second-order valence-corrected chi connectivity index (χ2v) is 7.32. The summed E-state index contributed by atoms with van der Waals surface area (Å²) >= 11 is 13.1. The predicted molar refractivity (Wildman–Crippen MR) is 100 cm³/mol. The van der Waals surface area contributed by atoms with Gasteiger partial charge < -0.3 is 4.57 Å². The first-order valence-corrected chi connectivity index (χ1v) is 8.82. The molecule has 1 N–H and O–H groups in total. The van der Waals surface area contributed by atoms with Gasteiger partial charge in [0.15, 0.2) is 0 Å². The Morgan fingerprint density at radius 3 is 2.96 bits per heavy atom. The van der Waals surface area contributed by atoms with E-state index in [1.807, 2.05) is 30.5 Å². The molecule has 24 heavy (non-hydrogen) atoms. The first-order valence-electron chi connectivity index (χ1n) is 7.26. The van der Waals surface area contributed by atoms with Gasteiger partial charge in [-0.3, -0.25) is 4.98 Å². The number of aromatic amines is 1. The second-order valence-electron chi connectivity index (χ2n) is 5.64. The van der Waals surface area contributed by atoms with E-state index in [4.69, 9.17) is 23.8 Å². The summed E-state index contributed by atoms with van der Waals surface area (Å²) in [5, 5.41) is 0.686. The van der Waals surface area contributed by atoms with Crippen LogP contribution in [0.15, 0.2) is 35.4 Å². The normalized spacial score (nSPS) is 15.7. The molecule has 1 aliphatic rings. The molecule has 1 aromatic carbocycles. The van der Waals surface area contributed by atoms with E-state index in [-0.39, 0.29) is 11.6 Å². The molecule has 0 amide bonds. The molecule has 0 bridgehead atoms. The summed E-state index contributed by atoms with van der Waals surface area (Å²) in [6, 6.07) is 5.83. The first-order chi connectivity index (χ1) is 11.5. The Labute approximate surface area is 152 Å². The average Bonchev–Trinajstić information content (AvgIpc) is 2.95. The van der Waals surface area contributed by atoms with Crippen LogP contribution in [0.3, 0.4) is 0 Å². The second kappa shape index (κ2) is 5.81. The van der Waals surface area contributed by atoms with Crippen molar-refractivity contribution in [2.45, 2.75) is 5.92 Å². The molecular weight excluding hydrogens is 362 g/mol. The zero-order valence-corrected chi connectivity index (χ0v) is 15.0. The number of aromatic nitrogens is 3. The van der Waals surface area contributed by atoms with Gasteiger partial charge in [0.05, 0.1) is 4.88 Å². The fraction of sp³-hybridized carbons (Fsp3) is 0.118. The molecule has 1 aliphatic carbocycles. The van der Waals surface area contributed by atoms with Crippen molar-refractivity contribution in [2.24, 2.45) is 7.05 Å². The van der Waals surface area contributed by atoms with Gasteiger partial charge in [0, 0.05) is 41.5 Å². The highest BCUT2D eigenvalue weighted by Crippen LogP contribution is 2.40. The van der Waals surface area contributed by atoms with Gasteiger partial charge in [-0.15, -0.1) is 0 Å². The zero-order valence-electron chi connectivity index (χ0n) is 12.6. The Morgan fingerprint density at radius 1 is 1.29 bits per heavy atom. The van der Waals surface area contributed by atoms with Crippen LogP contribution < -0.4 is 5.69 Å². The van der Waals surface area contributed by atoms with Gasteiger partial charge in [-0.1, -0.05) is 36.0 Å². The van der Waals surface area contributed by atoms with Crippen LogP contribution in [0.1, 0.15) is 33.0 Å². The molecule has 120 valence electrons. The lowest BCUT2D eigenvalue weighted by Gasteiger charge is -2.19.